The topological polar surface area (TPSA) is 63.8 Å². The van der Waals surface area contributed by atoms with Crippen molar-refractivity contribution in [3.63, 3.8) is 0 Å². The summed E-state index contributed by atoms with van der Waals surface area (Å²) < 4.78 is 0. The van der Waals surface area contributed by atoms with Gasteiger partial charge in [0.25, 0.3) is 0 Å². The van der Waals surface area contributed by atoms with Gasteiger partial charge < -0.3 is 11.1 Å². The quantitative estimate of drug-likeness (QED) is 0.790. The number of aromatic nitrogens is 2. The Hall–Kier alpha value is -1.32. The SMILES string of the molecule is CCCC1CC1Nc1cc(C)nc(N)n1. The zero-order chi connectivity index (χ0) is 10.8. The third-order valence-corrected chi connectivity index (χ3v) is 2.79. The summed E-state index contributed by atoms with van der Waals surface area (Å²) in [7, 11) is 0. The summed E-state index contributed by atoms with van der Waals surface area (Å²) in [4.78, 5) is 8.21. The average Bonchev–Trinajstić information content (AvgIpc) is 2.82. The van der Waals surface area contributed by atoms with Gasteiger partial charge in [-0.3, -0.25) is 0 Å². The van der Waals surface area contributed by atoms with Gasteiger partial charge in [0, 0.05) is 17.8 Å². The van der Waals surface area contributed by atoms with Crippen molar-refractivity contribution < 1.29 is 0 Å². The van der Waals surface area contributed by atoms with Gasteiger partial charge in [-0.2, -0.15) is 4.98 Å². The van der Waals surface area contributed by atoms with Crippen molar-refractivity contribution in [1.82, 2.24) is 9.97 Å². The number of nitrogen functional groups attached to an aromatic ring is 1. The van der Waals surface area contributed by atoms with Crippen LogP contribution in [0.5, 0.6) is 0 Å². The van der Waals surface area contributed by atoms with Gasteiger partial charge in [-0.1, -0.05) is 13.3 Å². The molecule has 0 radical (unpaired) electrons. The molecule has 15 heavy (non-hydrogen) atoms. The summed E-state index contributed by atoms with van der Waals surface area (Å²) in [6, 6.07) is 2.54. The highest BCUT2D eigenvalue weighted by atomic mass is 15.1. The van der Waals surface area contributed by atoms with E-state index in [0.717, 1.165) is 17.4 Å². The molecule has 1 aromatic rings. The van der Waals surface area contributed by atoms with Gasteiger partial charge in [-0.25, -0.2) is 4.98 Å². The number of aryl methyl sites for hydroxylation is 1. The van der Waals surface area contributed by atoms with E-state index in [1.807, 2.05) is 13.0 Å². The van der Waals surface area contributed by atoms with Gasteiger partial charge in [0.05, 0.1) is 0 Å². The second-order valence-electron chi connectivity index (χ2n) is 4.29. The van der Waals surface area contributed by atoms with Crippen LogP contribution < -0.4 is 11.1 Å². The molecule has 3 N–H and O–H groups in total. The van der Waals surface area contributed by atoms with Gasteiger partial charge in [0.1, 0.15) is 5.82 Å². The summed E-state index contributed by atoms with van der Waals surface area (Å²) in [5.74, 6) is 2.04. The summed E-state index contributed by atoms with van der Waals surface area (Å²) in [5.41, 5.74) is 6.50. The van der Waals surface area contributed by atoms with Crippen LogP contribution in [0.4, 0.5) is 11.8 Å². The minimum absolute atomic E-state index is 0.352. The van der Waals surface area contributed by atoms with Crippen molar-refractivity contribution in [3.05, 3.63) is 11.8 Å². The Kier molecular flexibility index (Phi) is 2.75. The third kappa shape index (κ3) is 2.58. The Morgan fingerprint density at radius 3 is 3.00 bits per heavy atom. The first-order chi connectivity index (χ1) is 7.19. The smallest absolute Gasteiger partial charge is 0.222 e. The van der Waals surface area contributed by atoms with Crippen molar-refractivity contribution in [2.45, 2.75) is 39.2 Å². The van der Waals surface area contributed by atoms with Crippen LogP contribution in [0.25, 0.3) is 0 Å². The number of anilines is 2. The Bertz CT molecular complexity index is 330. The lowest BCUT2D eigenvalue weighted by Crippen LogP contribution is -2.08. The van der Waals surface area contributed by atoms with E-state index in [1.54, 1.807) is 0 Å². The number of rotatable bonds is 4. The fourth-order valence-corrected chi connectivity index (χ4v) is 1.97. The molecule has 0 aliphatic heterocycles. The van der Waals surface area contributed by atoms with Gasteiger partial charge in [0.15, 0.2) is 0 Å². The molecule has 0 amide bonds. The van der Waals surface area contributed by atoms with Gasteiger partial charge in [-0.15, -0.1) is 0 Å². The molecule has 1 aromatic heterocycles. The number of nitrogens with one attached hydrogen (secondary N) is 1. The molecule has 2 atom stereocenters. The number of hydrogen-bond donors (Lipinski definition) is 2. The standard InChI is InChI=1S/C11H18N4/c1-3-4-8-6-9(8)14-10-5-7(2)13-11(12)15-10/h5,8-9H,3-4,6H2,1-2H3,(H3,12,13,14,15). The molecule has 1 fully saturated rings. The van der Waals surface area contributed by atoms with E-state index in [1.165, 1.54) is 19.3 Å². The Balaban J connectivity index is 1.94. The lowest BCUT2D eigenvalue weighted by molar-refractivity contribution is 0.692. The predicted octanol–water partition coefficient (Wildman–Crippen LogP) is 1.97. The van der Waals surface area contributed by atoms with E-state index in [9.17, 15) is 0 Å². The molecular weight excluding hydrogens is 188 g/mol. The lowest BCUT2D eigenvalue weighted by atomic mass is 10.2. The van der Waals surface area contributed by atoms with Gasteiger partial charge in [0.2, 0.25) is 5.95 Å². The molecule has 2 unspecified atom stereocenters. The zero-order valence-corrected chi connectivity index (χ0v) is 9.33. The van der Waals surface area contributed by atoms with Crippen LogP contribution in [-0.2, 0) is 0 Å². The first-order valence-electron chi connectivity index (χ1n) is 5.56. The maximum atomic E-state index is 5.59. The molecule has 1 saturated carbocycles. The number of hydrogen-bond acceptors (Lipinski definition) is 4. The molecule has 4 nitrogen and oxygen atoms in total. The monoisotopic (exact) mass is 206 g/mol. The summed E-state index contributed by atoms with van der Waals surface area (Å²) in [5, 5.41) is 3.40. The molecule has 0 bridgehead atoms. The Labute approximate surface area is 90.3 Å². The van der Waals surface area contributed by atoms with Crippen LogP contribution in [0.2, 0.25) is 0 Å². The first kappa shape index (κ1) is 10.2. The van der Waals surface area contributed by atoms with E-state index in [2.05, 4.69) is 22.2 Å². The molecule has 4 heteroatoms. The Morgan fingerprint density at radius 2 is 2.33 bits per heavy atom. The predicted molar refractivity (Wildman–Crippen MR) is 61.6 cm³/mol. The van der Waals surface area contributed by atoms with Crippen LogP contribution in [0.3, 0.4) is 0 Å². The molecule has 0 aromatic carbocycles. The van der Waals surface area contributed by atoms with E-state index in [4.69, 9.17) is 5.73 Å². The highest BCUT2D eigenvalue weighted by Crippen LogP contribution is 2.36. The van der Waals surface area contributed by atoms with Crippen molar-refractivity contribution in [3.8, 4) is 0 Å². The Morgan fingerprint density at radius 1 is 1.53 bits per heavy atom. The lowest BCUT2D eigenvalue weighted by Gasteiger charge is -2.06. The number of nitrogens with two attached hydrogens (primary N) is 1. The van der Waals surface area contributed by atoms with E-state index in [-0.39, 0.29) is 0 Å². The summed E-state index contributed by atoms with van der Waals surface area (Å²) >= 11 is 0. The molecule has 1 heterocycles. The molecule has 2 rings (SSSR count). The zero-order valence-electron chi connectivity index (χ0n) is 9.33. The molecule has 82 valence electrons. The van der Waals surface area contributed by atoms with Crippen molar-refractivity contribution in [1.29, 1.82) is 0 Å². The normalized spacial score (nSPS) is 23.9. The highest BCUT2D eigenvalue weighted by molar-refractivity contribution is 5.42. The minimum atomic E-state index is 0.352. The van der Waals surface area contributed by atoms with Crippen LogP contribution in [0.15, 0.2) is 6.07 Å². The van der Waals surface area contributed by atoms with Crippen LogP contribution in [0, 0.1) is 12.8 Å². The largest absolute Gasteiger partial charge is 0.368 e. The second kappa shape index (κ2) is 4.04. The maximum Gasteiger partial charge on any atom is 0.222 e. The molecule has 1 aliphatic carbocycles. The van der Waals surface area contributed by atoms with Gasteiger partial charge >= 0.3 is 0 Å². The molecular formula is C11H18N4. The van der Waals surface area contributed by atoms with E-state index in [0.29, 0.717) is 12.0 Å². The van der Waals surface area contributed by atoms with E-state index < -0.39 is 0 Å². The van der Waals surface area contributed by atoms with E-state index >= 15 is 0 Å². The minimum Gasteiger partial charge on any atom is -0.368 e. The van der Waals surface area contributed by atoms with Crippen LogP contribution in [0.1, 0.15) is 31.9 Å². The first-order valence-corrected chi connectivity index (χ1v) is 5.56. The summed E-state index contributed by atoms with van der Waals surface area (Å²) in [6.07, 6.45) is 3.82. The van der Waals surface area contributed by atoms with Crippen molar-refractivity contribution >= 4 is 11.8 Å². The maximum absolute atomic E-state index is 5.59. The fourth-order valence-electron chi connectivity index (χ4n) is 1.97. The molecule has 1 aliphatic rings. The third-order valence-electron chi connectivity index (χ3n) is 2.79. The van der Waals surface area contributed by atoms with Crippen molar-refractivity contribution in [2.75, 3.05) is 11.1 Å². The molecule has 0 saturated heterocycles. The average molecular weight is 206 g/mol. The van der Waals surface area contributed by atoms with Crippen LogP contribution in [-0.4, -0.2) is 16.0 Å². The highest BCUT2D eigenvalue weighted by Gasteiger charge is 2.36. The second-order valence-corrected chi connectivity index (χ2v) is 4.29. The van der Waals surface area contributed by atoms with Crippen molar-refractivity contribution in [2.24, 2.45) is 5.92 Å². The van der Waals surface area contributed by atoms with Crippen LogP contribution >= 0.6 is 0 Å². The summed E-state index contributed by atoms with van der Waals surface area (Å²) in [6.45, 7) is 4.15. The van der Waals surface area contributed by atoms with Gasteiger partial charge in [-0.05, 0) is 25.7 Å². The fraction of sp³-hybridized carbons (Fsp3) is 0.636. The molecule has 0 spiro atoms. The number of nitrogens with zero attached hydrogens (tertiary/aromatic N) is 2.